The van der Waals surface area contributed by atoms with E-state index in [4.69, 9.17) is 9.47 Å². The van der Waals surface area contributed by atoms with Gasteiger partial charge in [-0.1, -0.05) is 73.5 Å². The third kappa shape index (κ3) is 22.4. The lowest BCUT2D eigenvalue weighted by Gasteiger charge is -2.36. The molecule has 2 saturated heterocycles. The van der Waals surface area contributed by atoms with Crippen molar-refractivity contribution in [3.05, 3.63) is 136 Å². The fourth-order valence-electron chi connectivity index (χ4n) is 14.9. The molecule has 0 spiro atoms. The van der Waals surface area contributed by atoms with E-state index in [2.05, 4.69) is 69.0 Å². The smallest absolute Gasteiger partial charge is 0.246 e. The number of fused-ring (bicyclic) bond motifs is 16. The first-order chi connectivity index (χ1) is 52.2. The summed E-state index contributed by atoms with van der Waals surface area (Å²) in [5.41, 5.74) is 3.03. The van der Waals surface area contributed by atoms with Gasteiger partial charge in [-0.05, 0) is 135 Å². The highest BCUT2D eigenvalue weighted by Gasteiger charge is 2.49. The maximum Gasteiger partial charge on any atom is 0.246 e. The Morgan fingerprint density at radius 1 is 0.651 bits per heavy atom. The third-order valence-corrected chi connectivity index (χ3v) is 21.1. The molecule has 5 aromatic rings. The number of unbranched alkanes of at least 4 members (excludes halogenated alkanes) is 2. The zero-order valence-corrected chi connectivity index (χ0v) is 63.4. The molecule has 29 heteroatoms. The van der Waals surface area contributed by atoms with E-state index in [1.54, 1.807) is 72.6 Å². The molecule has 12 bridgehead atoms. The van der Waals surface area contributed by atoms with Crippen LogP contribution in [0.25, 0.3) is 10.9 Å². The van der Waals surface area contributed by atoms with Crippen molar-refractivity contribution in [2.24, 2.45) is 0 Å². The average molecular weight is 1510 g/mol. The standard InChI is InChI=1S/C80H105FN14O14/c1-51-73(101)90-64(46-84-67(96)18-10-9-13-39-95(3,4)5)75(103)88-61-42-55-16-14-17-56(40-55)45-83-70(99)50-109-66-32-38-93-72(66)76(104)85-47-69(98)87-62(41-53-23-26-59(108-6)27-24-53)78(106)94-37-15-33-80(94,2)79(107)82-34-31-52-19-21-54(22-20-52)48-92(71(100)30-29-68(97)86-51)36-12-8-7-11-35-91-49-57(43-63(77(93)105)89-74(61)102)60-44-58(81)25-28-65(60)91/h14,16-17,19-28,40,44,49,51,61-64,66,72H,7-13,15,18,29-39,41-43,45-48,50H2,1-6H3,(H8-,82,83,84,85,86,87,88,89,90,96,97,98,99,101,102,103,104,107)/p+1/t51-,61-,62-,63?,64?,66-,72-,80-/m0/s1. The summed E-state index contributed by atoms with van der Waals surface area (Å²) in [7, 11) is 7.73. The maximum atomic E-state index is 16.1. The minimum absolute atomic E-state index is 0.0281. The number of hydrogen-bond donors (Lipinski definition) is 9. The first-order valence-corrected chi connectivity index (χ1v) is 38.2. The zero-order chi connectivity index (χ0) is 77.9. The number of halogens is 1. The topological polar surface area (TPSA) is 346 Å². The van der Waals surface area contributed by atoms with Crippen LogP contribution in [0.5, 0.6) is 5.75 Å². The van der Waals surface area contributed by atoms with Crippen LogP contribution in [0.4, 0.5) is 4.39 Å². The van der Waals surface area contributed by atoms with Crippen molar-refractivity contribution in [3.8, 4) is 5.75 Å². The summed E-state index contributed by atoms with van der Waals surface area (Å²) < 4.78 is 30.1. The lowest BCUT2D eigenvalue weighted by atomic mass is 9.95. The van der Waals surface area contributed by atoms with E-state index < -0.39 is 138 Å². The highest BCUT2D eigenvalue weighted by atomic mass is 19.1. The van der Waals surface area contributed by atoms with Crippen LogP contribution in [-0.2, 0) is 108 Å². The summed E-state index contributed by atoms with van der Waals surface area (Å²) in [4.78, 5) is 181. The second kappa shape index (κ2) is 37.7. The Balaban J connectivity index is 1.05. The molecule has 28 nitrogen and oxygen atoms in total. The van der Waals surface area contributed by atoms with Crippen molar-refractivity contribution in [1.29, 1.82) is 0 Å². The van der Waals surface area contributed by atoms with Gasteiger partial charge >= 0.3 is 0 Å². The van der Waals surface area contributed by atoms with E-state index in [1.807, 2.05) is 28.8 Å². The predicted molar refractivity (Wildman–Crippen MR) is 402 cm³/mol. The van der Waals surface area contributed by atoms with Gasteiger partial charge in [-0.2, -0.15) is 0 Å². The van der Waals surface area contributed by atoms with Crippen molar-refractivity contribution in [2.75, 3.05) is 80.7 Å². The van der Waals surface area contributed by atoms with Crippen LogP contribution < -0.4 is 52.6 Å². The van der Waals surface area contributed by atoms with Gasteiger partial charge in [0, 0.05) is 108 Å². The number of quaternary nitrogens is 1. The van der Waals surface area contributed by atoms with E-state index in [0.717, 1.165) is 35.0 Å². The van der Waals surface area contributed by atoms with Gasteiger partial charge in [0.05, 0.1) is 47.4 Å². The van der Waals surface area contributed by atoms with Crippen molar-refractivity contribution in [2.45, 2.75) is 191 Å². The second-order valence-electron chi connectivity index (χ2n) is 30.5. The fraction of sp³-hybridized carbons (Fsp3) is 0.525. The molecule has 12 amide bonds. The number of nitrogens with zero attached hydrogens (tertiary/aromatic N) is 5. The number of aromatic nitrogens is 1. The molecule has 9 N–H and O–H groups in total. The van der Waals surface area contributed by atoms with Gasteiger partial charge in [0.15, 0.2) is 0 Å². The minimum atomic E-state index is -1.62. The van der Waals surface area contributed by atoms with E-state index in [-0.39, 0.29) is 83.6 Å². The van der Waals surface area contributed by atoms with Crippen molar-refractivity contribution in [3.63, 3.8) is 0 Å². The number of nitrogens with one attached hydrogen (secondary N) is 9. The van der Waals surface area contributed by atoms with E-state index in [9.17, 15) is 33.6 Å². The Bertz CT molecular complexity index is 4130. The molecule has 6 aliphatic heterocycles. The number of ether oxygens (including phenoxy) is 2. The van der Waals surface area contributed by atoms with Gasteiger partial charge in [0.1, 0.15) is 60.0 Å². The molecule has 6 aliphatic rings. The van der Waals surface area contributed by atoms with E-state index in [1.165, 1.54) is 36.0 Å². The Labute approximate surface area is 635 Å². The zero-order valence-electron chi connectivity index (χ0n) is 63.4. The molecule has 2 unspecified atom stereocenters. The summed E-state index contributed by atoms with van der Waals surface area (Å²) in [5.74, 6) is -8.25. The fourth-order valence-corrected chi connectivity index (χ4v) is 14.9. The number of benzene rings is 4. The third-order valence-electron chi connectivity index (χ3n) is 21.1. The number of methoxy groups -OCH3 is 1. The number of carbonyl (C=O) groups excluding carboxylic acids is 12. The predicted octanol–water partition coefficient (Wildman–Crippen LogP) is 2.81. The van der Waals surface area contributed by atoms with Crippen LogP contribution in [0.1, 0.15) is 131 Å². The van der Waals surface area contributed by atoms with Gasteiger partial charge < -0.3 is 81.1 Å². The molecule has 1 aromatic heterocycles. The van der Waals surface area contributed by atoms with Crippen LogP contribution in [0.3, 0.4) is 0 Å². The Hall–Kier alpha value is -10.3. The molecule has 8 atom stereocenters. The normalized spacial score (nSPS) is 24.3. The summed E-state index contributed by atoms with van der Waals surface area (Å²) in [5, 5.41) is 25.6. The average Bonchev–Trinajstić information content (AvgIpc) is 1.67. The number of hydrogen-bond acceptors (Lipinski definition) is 14. The van der Waals surface area contributed by atoms with Crippen LogP contribution in [0, 0.1) is 5.82 Å². The van der Waals surface area contributed by atoms with Crippen LogP contribution in [-0.4, -0.2) is 223 Å². The molecule has 0 radical (unpaired) electrons. The number of rotatable bonds is 11. The van der Waals surface area contributed by atoms with Crippen LogP contribution >= 0.6 is 0 Å². The molecule has 7 heterocycles. The van der Waals surface area contributed by atoms with Crippen molar-refractivity contribution < 1.29 is 75.9 Å². The number of amides is 12. The van der Waals surface area contributed by atoms with E-state index >= 15 is 28.4 Å². The highest BCUT2D eigenvalue weighted by Crippen LogP contribution is 2.32. The molecule has 109 heavy (non-hydrogen) atoms. The SMILES string of the molecule is COc1ccc(C[C@@H]2NC(=O)CNC(=O)[C@@H]3[C@@H]4CCN3C(=O)C3Cc5cn(c6ccc(F)cc56)CCCCCCN(Cc5ccc(cc5)CCNC(=O)[C@]5(C)CCCN5C2=O)C(=O)CCC(=O)N[C@@H](C)C(=O)NC(CNC(=O)CCCCC[N+](C)(C)C)C(=O)N[C@@H](Cc2cccc(c2)CNC(=O)CO4)C(=O)N3)cc1. The Morgan fingerprint density at radius 2 is 1.39 bits per heavy atom. The largest absolute Gasteiger partial charge is 0.497 e. The van der Waals surface area contributed by atoms with Gasteiger partial charge in [-0.25, -0.2) is 4.39 Å². The summed E-state index contributed by atoms with van der Waals surface area (Å²) in [6.45, 7) is 3.26. The summed E-state index contributed by atoms with van der Waals surface area (Å²) >= 11 is 0. The Morgan fingerprint density at radius 3 is 2.16 bits per heavy atom. The van der Waals surface area contributed by atoms with Gasteiger partial charge in [0.25, 0.3) is 0 Å². The van der Waals surface area contributed by atoms with Gasteiger partial charge in [0.2, 0.25) is 70.9 Å². The quantitative estimate of drug-likeness (QED) is 0.0679. The molecule has 4 aromatic carbocycles. The Kier molecular flexibility index (Phi) is 28.1. The first-order valence-electron chi connectivity index (χ1n) is 38.2. The highest BCUT2D eigenvalue weighted by molar-refractivity contribution is 6.00. The molecular formula is C80H106FN14O14+. The summed E-state index contributed by atoms with van der Waals surface area (Å²) in [6.07, 6.45) is 5.36. The monoisotopic (exact) mass is 1510 g/mol. The molecule has 586 valence electrons. The molecule has 2 fully saturated rings. The van der Waals surface area contributed by atoms with Crippen LogP contribution in [0.15, 0.2) is 97.2 Å². The molecular weight excluding hydrogens is 1400 g/mol. The number of carbonyl (C=O) groups is 12. The van der Waals surface area contributed by atoms with E-state index in [0.29, 0.717) is 103 Å². The van der Waals surface area contributed by atoms with Gasteiger partial charge in [-0.15, -0.1) is 0 Å². The van der Waals surface area contributed by atoms with Crippen LogP contribution in [0.2, 0.25) is 0 Å². The lowest BCUT2D eigenvalue weighted by molar-refractivity contribution is -0.870. The summed E-state index contributed by atoms with van der Waals surface area (Å²) in [6, 6.07) is 16.6. The minimum Gasteiger partial charge on any atom is -0.497 e. The van der Waals surface area contributed by atoms with Gasteiger partial charge in [-0.3, -0.25) is 57.5 Å². The number of aryl methyl sites for hydroxylation is 1. The first kappa shape index (κ1) is 81.2. The van der Waals surface area contributed by atoms with Crippen molar-refractivity contribution in [1.82, 2.24) is 67.1 Å². The molecule has 11 rings (SSSR count). The lowest BCUT2D eigenvalue weighted by Crippen LogP contribution is -2.62. The molecule has 0 aliphatic carbocycles. The maximum absolute atomic E-state index is 16.1. The second-order valence-corrected chi connectivity index (χ2v) is 30.5. The van der Waals surface area contributed by atoms with Crippen molar-refractivity contribution >= 4 is 81.8 Å². The molecule has 0 saturated carbocycles.